The molecule has 5 heteroatoms. The van der Waals surface area contributed by atoms with Crippen LogP contribution >= 0.6 is 0 Å². The zero-order chi connectivity index (χ0) is 37.1. The molecule has 0 aliphatic carbocycles. The van der Waals surface area contributed by atoms with Gasteiger partial charge in [-0.05, 0) is 89.9 Å². The Morgan fingerprint density at radius 2 is 0.863 bits per heavy atom. The molecule has 0 bridgehead atoms. The van der Waals surface area contributed by atoms with Crippen LogP contribution in [0.15, 0.2) is 109 Å². The first-order valence-electron chi connectivity index (χ1n) is 19.9. The summed E-state index contributed by atoms with van der Waals surface area (Å²) in [6.07, 6.45) is 58.6. The second-order valence-electron chi connectivity index (χ2n) is 12.6. The molecule has 1 atom stereocenters. The van der Waals surface area contributed by atoms with E-state index in [1.807, 2.05) is 0 Å². The van der Waals surface area contributed by atoms with Gasteiger partial charge < -0.3 is 14.6 Å². The summed E-state index contributed by atoms with van der Waals surface area (Å²) in [5.74, 6) is -0.690. The highest BCUT2D eigenvalue weighted by molar-refractivity contribution is 5.70. The smallest absolute Gasteiger partial charge is 0.306 e. The van der Waals surface area contributed by atoms with Crippen molar-refractivity contribution < 1.29 is 24.2 Å². The number of carbonyl (C=O) groups is 2. The van der Waals surface area contributed by atoms with Crippen molar-refractivity contribution in [1.29, 1.82) is 0 Å². The van der Waals surface area contributed by atoms with Gasteiger partial charge in [-0.3, -0.25) is 9.59 Å². The number of ether oxygens (including phenoxy) is 2. The molecule has 0 saturated heterocycles. The molecule has 0 spiro atoms. The van der Waals surface area contributed by atoms with Crippen LogP contribution in [0.1, 0.15) is 149 Å². The molecule has 1 unspecified atom stereocenters. The van der Waals surface area contributed by atoms with Crippen molar-refractivity contribution in [2.24, 2.45) is 0 Å². The number of aliphatic hydroxyl groups is 1. The molecule has 51 heavy (non-hydrogen) atoms. The number of unbranched alkanes of at least 4 members (excludes halogenated alkanes) is 8. The summed E-state index contributed by atoms with van der Waals surface area (Å²) in [7, 11) is 0. The van der Waals surface area contributed by atoms with Gasteiger partial charge in [0.1, 0.15) is 6.61 Å². The Bertz CT molecular complexity index is 1070. The lowest BCUT2D eigenvalue weighted by atomic mass is 10.1. The van der Waals surface area contributed by atoms with Crippen LogP contribution in [0.25, 0.3) is 0 Å². The molecule has 0 radical (unpaired) electrons. The lowest BCUT2D eigenvalue weighted by molar-refractivity contribution is -0.161. The van der Waals surface area contributed by atoms with E-state index in [9.17, 15) is 14.7 Å². The third kappa shape index (κ3) is 39.2. The van der Waals surface area contributed by atoms with Gasteiger partial charge >= 0.3 is 11.9 Å². The third-order valence-electron chi connectivity index (χ3n) is 7.80. The fourth-order valence-corrected chi connectivity index (χ4v) is 4.79. The average molecular weight is 705 g/mol. The first-order chi connectivity index (χ1) is 25.1. The molecule has 5 nitrogen and oxygen atoms in total. The maximum Gasteiger partial charge on any atom is 0.306 e. The standard InChI is InChI=1S/C46H72O5/c1-3-5-7-9-11-13-15-17-19-20-21-22-23-24-25-26-27-29-31-33-35-37-39-41-46(49)51-44(42-47)43-50-45(48)40-38-36-34-32-30-28-18-16-14-12-10-8-6-4-2/h5,7,10-13,16-19,21-22,24-25,27,29,33,35,44,47H,3-4,6,8-9,14-15,20,23,26,28,30-32,34,36-43H2,1-2H3/b7-5-,12-10-,13-11-,18-16-,19-17-,22-21-,25-24-,29-27-,35-33-. The second kappa shape index (κ2) is 41.0. The number of hydrogen-bond donors (Lipinski definition) is 1. The summed E-state index contributed by atoms with van der Waals surface area (Å²) in [6, 6.07) is 0. The predicted molar refractivity (Wildman–Crippen MR) is 218 cm³/mol. The lowest BCUT2D eigenvalue weighted by Gasteiger charge is -2.15. The largest absolute Gasteiger partial charge is 0.462 e. The van der Waals surface area contributed by atoms with Crippen LogP contribution in [-0.2, 0) is 19.1 Å². The number of hydrogen-bond acceptors (Lipinski definition) is 5. The van der Waals surface area contributed by atoms with E-state index in [1.54, 1.807) is 0 Å². The summed E-state index contributed by atoms with van der Waals surface area (Å²) in [5, 5.41) is 9.55. The Labute approximate surface area is 312 Å². The normalized spacial score (nSPS) is 13.4. The molecule has 1 N–H and O–H groups in total. The van der Waals surface area contributed by atoms with E-state index in [4.69, 9.17) is 9.47 Å². The van der Waals surface area contributed by atoms with E-state index in [2.05, 4.69) is 123 Å². The molecular formula is C46H72O5. The maximum atomic E-state index is 12.2. The molecular weight excluding hydrogens is 633 g/mol. The van der Waals surface area contributed by atoms with Crippen molar-refractivity contribution in [2.75, 3.05) is 13.2 Å². The summed E-state index contributed by atoms with van der Waals surface area (Å²) in [6.45, 7) is 3.90. The topological polar surface area (TPSA) is 72.8 Å². The number of allylic oxidation sites excluding steroid dienone is 18. The zero-order valence-corrected chi connectivity index (χ0v) is 32.3. The molecule has 0 aliphatic rings. The molecule has 0 aromatic rings. The molecule has 286 valence electrons. The van der Waals surface area contributed by atoms with Crippen LogP contribution in [-0.4, -0.2) is 36.4 Å². The number of esters is 2. The van der Waals surface area contributed by atoms with Crippen molar-refractivity contribution in [1.82, 2.24) is 0 Å². The Kier molecular flexibility index (Phi) is 38.2. The summed E-state index contributed by atoms with van der Waals surface area (Å²) < 4.78 is 10.5. The summed E-state index contributed by atoms with van der Waals surface area (Å²) in [5.41, 5.74) is 0. The average Bonchev–Trinajstić information content (AvgIpc) is 3.13. The van der Waals surface area contributed by atoms with Crippen LogP contribution in [0.5, 0.6) is 0 Å². The Balaban J connectivity index is 3.76. The van der Waals surface area contributed by atoms with Gasteiger partial charge in [-0.2, -0.15) is 0 Å². The number of carbonyl (C=O) groups excluding carboxylic acids is 2. The highest BCUT2D eigenvalue weighted by Crippen LogP contribution is 2.10. The molecule has 0 aromatic carbocycles. The van der Waals surface area contributed by atoms with Gasteiger partial charge in [-0.15, -0.1) is 0 Å². The quantitative estimate of drug-likeness (QED) is 0.0410. The Morgan fingerprint density at radius 3 is 1.33 bits per heavy atom. The minimum atomic E-state index is -0.815. The van der Waals surface area contributed by atoms with Crippen LogP contribution in [0, 0.1) is 0 Å². The van der Waals surface area contributed by atoms with E-state index < -0.39 is 6.10 Å². The minimum absolute atomic E-state index is 0.104. The first-order valence-corrected chi connectivity index (χ1v) is 19.9. The molecule has 0 heterocycles. The van der Waals surface area contributed by atoms with Gasteiger partial charge in [0.2, 0.25) is 0 Å². The molecule has 0 aromatic heterocycles. The first kappa shape index (κ1) is 47.6. The van der Waals surface area contributed by atoms with Crippen LogP contribution < -0.4 is 0 Å². The van der Waals surface area contributed by atoms with Crippen molar-refractivity contribution in [3.05, 3.63) is 109 Å². The summed E-state index contributed by atoms with van der Waals surface area (Å²) >= 11 is 0. The predicted octanol–water partition coefficient (Wildman–Crippen LogP) is 12.7. The fourth-order valence-electron chi connectivity index (χ4n) is 4.79. The van der Waals surface area contributed by atoms with Gasteiger partial charge in [-0.1, -0.05) is 155 Å². The van der Waals surface area contributed by atoms with Gasteiger partial charge in [0.25, 0.3) is 0 Å². The van der Waals surface area contributed by atoms with E-state index in [-0.39, 0.29) is 31.6 Å². The Hall–Kier alpha value is -3.44. The molecule has 0 rings (SSSR count). The fraction of sp³-hybridized carbons (Fsp3) is 0.565. The highest BCUT2D eigenvalue weighted by atomic mass is 16.6. The minimum Gasteiger partial charge on any atom is -0.462 e. The maximum absolute atomic E-state index is 12.2. The van der Waals surface area contributed by atoms with E-state index >= 15 is 0 Å². The van der Waals surface area contributed by atoms with E-state index in [0.29, 0.717) is 12.8 Å². The monoisotopic (exact) mass is 705 g/mol. The third-order valence-corrected chi connectivity index (χ3v) is 7.80. The molecule has 0 saturated carbocycles. The van der Waals surface area contributed by atoms with E-state index in [0.717, 1.165) is 89.9 Å². The second-order valence-corrected chi connectivity index (χ2v) is 12.6. The molecule has 0 fully saturated rings. The van der Waals surface area contributed by atoms with Gasteiger partial charge in [0, 0.05) is 12.8 Å². The molecule has 0 amide bonds. The summed E-state index contributed by atoms with van der Waals surface area (Å²) in [4.78, 5) is 24.2. The van der Waals surface area contributed by atoms with Crippen LogP contribution in [0.3, 0.4) is 0 Å². The number of rotatable bonds is 34. The zero-order valence-electron chi connectivity index (χ0n) is 32.3. The van der Waals surface area contributed by atoms with Crippen molar-refractivity contribution in [3.63, 3.8) is 0 Å². The Morgan fingerprint density at radius 1 is 0.471 bits per heavy atom. The van der Waals surface area contributed by atoms with Crippen LogP contribution in [0.4, 0.5) is 0 Å². The van der Waals surface area contributed by atoms with Gasteiger partial charge in [-0.25, -0.2) is 0 Å². The highest BCUT2D eigenvalue weighted by Gasteiger charge is 2.15. The van der Waals surface area contributed by atoms with Crippen molar-refractivity contribution in [2.45, 2.75) is 155 Å². The molecule has 0 aliphatic heterocycles. The van der Waals surface area contributed by atoms with Gasteiger partial charge in [0.05, 0.1) is 6.61 Å². The van der Waals surface area contributed by atoms with Crippen molar-refractivity contribution >= 4 is 11.9 Å². The van der Waals surface area contributed by atoms with E-state index in [1.165, 1.54) is 25.7 Å². The van der Waals surface area contributed by atoms with Crippen LogP contribution in [0.2, 0.25) is 0 Å². The number of aliphatic hydroxyl groups excluding tert-OH is 1. The van der Waals surface area contributed by atoms with Gasteiger partial charge in [0.15, 0.2) is 6.10 Å². The lowest BCUT2D eigenvalue weighted by Crippen LogP contribution is -2.28. The van der Waals surface area contributed by atoms with Crippen molar-refractivity contribution in [3.8, 4) is 0 Å². The SMILES string of the molecule is CC/C=C\C/C=C\C/C=C\C/C=C\C/C=C\C/C=C\C/C=C\CCCC(=O)OC(CO)COC(=O)CCCCCCC/C=C\C/C=C\CCCC.